The third-order valence-corrected chi connectivity index (χ3v) is 4.13. The van der Waals surface area contributed by atoms with Crippen molar-refractivity contribution in [3.05, 3.63) is 57.7 Å². The molecule has 0 saturated heterocycles. The molecule has 8 heteroatoms. The summed E-state index contributed by atoms with van der Waals surface area (Å²) in [7, 11) is 0. The number of aliphatic hydroxyl groups is 1. The van der Waals surface area contributed by atoms with Gasteiger partial charge in [-0.05, 0) is 45.0 Å². The lowest BCUT2D eigenvalue weighted by atomic mass is 10.0. The molecule has 2 rings (SSSR count). The van der Waals surface area contributed by atoms with Crippen molar-refractivity contribution in [2.45, 2.75) is 32.9 Å². The van der Waals surface area contributed by atoms with Crippen LogP contribution in [-0.2, 0) is 12.1 Å². The van der Waals surface area contributed by atoms with Gasteiger partial charge in [-0.1, -0.05) is 22.0 Å². The topological polar surface area (TPSA) is 69.8 Å². The van der Waals surface area contributed by atoms with Gasteiger partial charge in [0, 0.05) is 16.6 Å². The van der Waals surface area contributed by atoms with Crippen molar-refractivity contribution in [1.29, 1.82) is 0 Å². The smallest absolute Gasteiger partial charge is 0.191 e. The second-order valence-electron chi connectivity index (χ2n) is 5.97. The number of aliphatic imine (C=N–C) groups is 1. The van der Waals surface area contributed by atoms with Crippen LogP contribution in [0.3, 0.4) is 0 Å². The highest BCUT2D eigenvalue weighted by atomic mass is 127. The number of halogens is 3. The molecule has 0 amide bonds. The molecule has 1 aromatic heterocycles. The molecule has 0 aliphatic heterocycles. The van der Waals surface area contributed by atoms with Gasteiger partial charge in [0.05, 0.1) is 13.1 Å². The number of rotatable bonds is 6. The van der Waals surface area contributed by atoms with Crippen LogP contribution < -0.4 is 10.6 Å². The fourth-order valence-corrected chi connectivity index (χ4v) is 2.56. The first kappa shape index (κ1) is 22.9. The first-order valence-corrected chi connectivity index (χ1v) is 8.86. The Kier molecular flexibility index (Phi) is 9.05. The highest BCUT2D eigenvalue weighted by Gasteiger charge is 2.27. The Morgan fingerprint density at radius 2 is 2.04 bits per heavy atom. The van der Waals surface area contributed by atoms with Gasteiger partial charge in [0.15, 0.2) is 5.96 Å². The van der Waals surface area contributed by atoms with Crippen molar-refractivity contribution < 1.29 is 13.9 Å². The van der Waals surface area contributed by atoms with Crippen molar-refractivity contribution in [3.8, 4) is 0 Å². The molecule has 144 valence electrons. The lowest BCUT2D eigenvalue weighted by Crippen LogP contribution is -2.44. The van der Waals surface area contributed by atoms with Crippen molar-refractivity contribution >= 4 is 45.9 Å². The number of aryl methyl sites for hydroxylation is 1. The summed E-state index contributed by atoms with van der Waals surface area (Å²) in [6.07, 6.45) is 0. The molecule has 1 atom stereocenters. The molecule has 0 spiro atoms. The highest BCUT2D eigenvalue weighted by Crippen LogP contribution is 2.22. The maximum absolute atomic E-state index is 13.9. The SMILES string of the molecule is CCNC(=NCc1ccc(Br)cc1F)NCC(C)(O)c1ccc(C)o1.I. The Hall–Kier alpha value is -1.13. The average molecular weight is 540 g/mol. The summed E-state index contributed by atoms with van der Waals surface area (Å²) in [5.74, 6) is 1.40. The van der Waals surface area contributed by atoms with E-state index in [4.69, 9.17) is 4.42 Å². The summed E-state index contributed by atoms with van der Waals surface area (Å²) < 4.78 is 20.1. The van der Waals surface area contributed by atoms with Gasteiger partial charge >= 0.3 is 0 Å². The number of hydrogen-bond donors (Lipinski definition) is 3. The largest absolute Gasteiger partial charge is 0.463 e. The molecule has 5 nitrogen and oxygen atoms in total. The molecule has 0 bridgehead atoms. The van der Waals surface area contributed by atoms with Crippen LogP contribution in [-0.4, -0.2) is 24.2 Å². The zero-order chi connectivity index (χ0) is 18.4. The van der Waals surface area contributed by atoms with Crippen LogP contribution >= 0.6 is 39.9 Å². The average Bonchev–Trinajstić information content (AvgIpc) is 2.99. The fraction of sp³-hybridized carbons (Fsp3) is 0.389. The van der Waals surface area contributed by atoms with E-state index in [2.05, 4.69) is 31.6 Å². The third kappa shape index (κ3) is 6.55. The maximum Gasteiger partial charge on any atom is 0.191 e. The quantitative estimate of drug-likeness (QED) is 0.294. The van der Waals surface area contributed by atoms with Gasteiger partial charge in [0.25, 0.3) is 0 Å². The monoisotopic (exact) mass is 539 g/mol. The minimum Gasteiger partial charge on any atom is -0.463 e. The zero-order valence-electron chi connectivity index (χ0n) is 15.0. The second-order valence-corrected chi connectivity index (χ2v) is 6.88. The molecule has 0 aliphatic rings. The zero-order valence-corrected chi connectivity index (χ0v) is 18.9. The summed E-state index contributed by atoms with van der Waals surface area (Å²) in [5.41, 5.74) is -0.693. The molecule has 0 radical (unpaired) electrons. The number of nitrogens with one attached hydrogen (secondary N) is 2. The van der Waals surface area contributed by atoms with Crippen LogP contribution in [0.1, 0.15) is 30.9 Å². The number of guanidine groups is 1. The van der Waals surface area contributed by atoms with E-state index in [0.717, 1.165) is 5.76 Å². The van der Waals surface area contributed by atoms with E-state index in [1.165, 1.54) is 6.07 Å². The van der Waals surface area contributed by atoms with Crippen LogP contribution in [0, 0.1) is 12.7 Å². The lowest BCUT2D eigenvalue weighted by Gasteiger charge is -2.22. The third-order valence-electron chi connectivity index (χ3n) is 3.64. The van der Waals surface area contributed by atoms with E-state index in [0.29, 0.717) is 28.3 Å². The Morgan fingerprint density at radius 1 is 1.31 bits per heavy atom. The molecule has 26 heavy (non-hydrogen) atoms. The van der Waals surface area contributed by atoms with Crippen LogP contribution in [0.2, 0.25) is 0 Å². The Morgan fingerprint density at radius 3 is 2.62 bits per heavy atom. The summed E-state index contributed by atoms with van der Waals surface area (Å²) in [6.45, 7) is 6.47. The van der Waals surface area contributed by atoms with Crippen molar-refractivity contribution in [2.24, 2.45) is 4.99 Å². The minimum absolute atomic E-state index is 0. The molecule has 3 N–H and O–H groups in total. The lowest BCUT2D eigenvalue weighted by molar-refractivity contribution is 0.0378. The van der Waals surface area contributed by atoms with Crippen molar-refractivity contribution in [2.75, 3.05) is 13.1 Å². The Labute approximate surface area is 178 Å². The Bertz CT molecular complexity index is 750. The number of benzene rings is 1. The van der Waals surface area contributed by atoms with E-state index in [1.807, 2.05) is 13.8 Å². The molecule has 2 aromatic rings. The molecular weight excluding hydrogens is 516 g/mol. The Balaban J connectivity index is 0.00000338. The second kappa shape index (κ2) is 10.3. The summed E-state index contributed by atoms with van der Waals surface area (Å²) in [4.78, 5) is 4.37. The van der Waals surface area contributed by atoms with Crippen LogP contribution in [0.4, 0.5) is 4.39 Å². The van der Waals surface area contributed by atoms with E-state index < -0.39 is 5.60 Å². The van der Waals surface area contributed by atoms with Gasteiger partial charge in [-0.2, -0.15) is 0 Å². The standard InChI is InChI=1S/C18H23BrFN3O2.HI/c1-4-21-17(22-10-13-6-7-14(19)9-15(13)20)23-11-18(3,24)16-8-5-12(2)25-16;/h5-9,24H,4,10-11H2,1-3H3,(H2,21,22,23);1H. The normalized spacial score (nSPS) is 13.7. The van der Waals surface area contributed by atoms with E-state index in [1.54, 1.807) is 31.2 Å². The van der Waals surface area contributed by atoms with Crippen molar-refractivity contribution in [3.63, 3.8) is 0 Å². The number of hydrogen-bond acceptors (Lipinski definition) is 3. The number of nitrogens with zero attached hydrogens (tertiary/aromatic N) is 1. The van der Waals surface area contributed by atoms with E-state index in [-0.39, 0.29) is 42.9 Å². The fourth-order valence-electron chi connectivity index (χ4n) is 2.22. The minimum atomic E-state index is -1.19. The van der Waals surface area contributed by atoms with Gasteiger partial charge in [-0.25, -0.2) is 9.38 Å². The first-order chi connectivity index (χ1) is 11.8. The van der Waals surface area contributed by atoms with Crippen LogP contribution in [0.15, 0.2) is 44.2 Å². The molecule has 0 fully saturated rings. The van der Waals surface area contributed by atoms with Gasteiger partial charge in [0.1, 0.15) is 22.9 Å². The van der Waals surface area contributed by atoms with Crippen LogP contribution in [0.5, 0.6) is 0 Å². The molecule has 0 aliphatic carbocycles. The molecule has 1 aromatic carbocycles. The number of furan rings is 1. The van der Waals surface area contributed by atoms with Crippen molar-refractivity contribution in [1.82, 2.24) is 10.6 Å². The van der Waals surface area contributed by atoms with Gasteiger partial charge in [-0.15, -0.1) is 24.0 Å². The van der Waals surface area contributed by atoms with E-state index in [9.17, 15) is 9.50 Å². The maximum atomic E-state index is 13.9. The first-order valence-electron chi connectivity index (χ1n) is 8.07. The van der Waals surface area contributed by atoms with Crippen LogP contribution in [0.25, 0.3) is 0 Å². The molecule has 0 saturated carbocycles. The predicted molar refractivity (Wildman–Crippen MR) is 115 cm³/mol. The molecular formula is C18H24BrFIN3O2. The molecule has 1 unspecified atom stereocenters. The highest BCUT2D eigenvalue weighted by molar-refractivity contribution is 14.0. The summed E-state index contributed by atoms with van der Waals surface area (Å²) in [6, 6.07) is 8.43. The molecule has 1 heterocycles. The van der Waals surface area contributed by atoms with E-state index >= 15 is 0 Å². The van der Waals surface area contributed by atoms with Gasteiger partial charge < -0.3 is 20.2 Å². The van der Waals surface area contributed by atoms with Gasteiger partial charge in [-0.3, -0.25) is 0 Å². The predicted octanol–water partition coefficient (Wildman–Crippen LogP) is 4.07. The van der Waals surface area contributed by atoms with Gasteiger partial charge in [0.2, 0.25) is 0 Å². The summed E-state index contributed by atoms with van der Waals surface area (Å²) >= 11 is 3.23. The summed E-state index contributed by atoms with van der Waals surface area (Å²) in [5, 5.41) is 16.7.